The van der Waals surface area contributed by atoms with Gasteiger partial charge in [0.25, 0.3) is 0 Å². The summed E-state index contributed by atoms with van der Waals surface area (Å²) in [5, 5.41) is 4.58. The highest BCUT2D eigenvalue weighted by molar-refractivity contribution is 5.87. The van der Waals surface area contributed by atoms with Crippen LogP contribution in [0.1, 0.15) is 18.4 Å². The fourth-order valence-electron chi connectivity index (χ4n) is 3.36. The van der Waals surface area contributed by atoms with Crippen LogP contribution in [0.4, 0.5) is 0 Å². The van der Waals surface area contributed by atoms with Crippen molar-refractivity contribution < 1.29 is 4.74 Å². The zero-order valence-electron chi connectivity index (χ0n) is 14.0. The first-order valence-corrected chi connectivity index (χ1v) is 8.63. The minimum atomic E-state index is 0.337. The van der Waals surface area contributed by atoms with Crippen molar-refractivity contribution in [3.63, 3.8) is 0 Å². The molecule has 1 aliphatic heterocycles. The van der Waals surface area contributed by atoms with Crippen LogP contribution in [0.25, 0.3) is 22.0 Å². The molecule has 1 aromatic heterocycles. The summed E-state index contributed by atoms with van der Waals surface area (Å²) in [5.74, 6) is 0.960. The number of nitrogens with one attached hydrogen (secondary N) is 1. The summed E-state index contributed by atoms with van der Waals surface area (Å²) < 4.78 is 6.09. The molecule has 0 aliphatic carbocycles. The maximum Gasteiger partial charge on any atom is 0.119 e. The van der Waals surface area contributed by atoms with Crippen molar-refractivity contribution >= 4 is 10.9 Å². The van der Waals surface area contributed by atoms with Crippen LogP contribution in [0.3, 0.4) is 0 Å². The highest BCUT2D eigenvalue weighted by Crippen LogP contribution is 2.28. The fourth-order valence-corrected chi connectivity index (χ4v) is 3.36. The average Bonchev–Trinajstić information content (AvgIpc) is 2.63. The molecule has 3 nitrogen and oxygen atoms in total. The smallest absolute Gasteiger partial charge is 0.119 e. The SMILES string of the molecule is Cc1cc(-c2ccc(OC3CCNCC3)cc2)cc2ncccc12. The van der Waals surface area contributed by atoms with E-state index in [1.807, 2.05) is 12.3 Å². The lowest BCUT2D eigenvalue weighted by molar-refractivity contribution is 0.162. The van der Waals surface area contributed by atoms with Gasteiger partial charge in [-0.05, 0) is 73.8 Å². The minimum absolute atomic E-state index is 0.337. The number of piperidine rings is 1. The van der Waals surface area contributed by atoms with E-state index in [0.717, 1.165) is 37.2 Å². The predicted octanol–water partition coefficient (Wildman–Crippen LogP) is 4.34. The topological polar surface area (TPSA) is 34.1 Å². The van der Waals surface area contributed by atoms with Crippen LogP contribution in [0.15, 0.2) is 54.7 Å². The van der Waals surface area contributed by atoms with Crippen LogP contribution in [-0.2, 0) is 0 Å². The van der Waals surface area contributed by atoms with Gasteiger partial charge in [-0.3, -0.25) is 4.98 Å². The molecule has 3 heteroatoms. The largest absolute Gasteiger partial charge is 0.490 e. The Morgan fingerprint density at radius 2 is 1.79 bits per heavy atom. The molecule has 2 heterocycles. The van der Waals surface area contributed by atoms with Crippen molar-refractivity contribution in [2.45, 2.75) is 25.9 Å². The molecule has 4 rings (SSSR count). The third kappa shape index (κ3) is 3.13. The van der Waals surface area contributed by atoms with Crippen LogP contribution in [0.5, 0.6) is 5.75 Å². The van der Waals surface area contributed by atoms with E-state index in [-0.39, 0.29) is 0 Å². The van der Waals surface area contributed by atoms with Gasteiger partial charge in [0.15, 0.2) is 0 Å². The third-order valence-corrected chi connectivity index (χ3v) is 4.70. The Bertz CT molecular complexity index is 836. The summed E-state index contributed by atoms with van der Waals surface area (Å²) in [6, 6.07) is 16.9. The maximum atomic E-state index is 6.09. The third-order valence-electron chi connectivity index (χ3n) is 4.70. The Kier molecular flexibility index (Phi) is 4.18. The molecule has 2 aromatic carbocycles. The van der Waals surface area contributed by atoms with Gasteiger partial charge in [0.05, 0.1) is 5.52 Å². The summed E-state index contributed by atoms with van der Waals surface area (Å²) in [4.78, 5) is 4.49. The standard InChI is InChI=1S/C21H22N2O/c1-15-13-17(14-21-20(15)3-2-10-23-21)16-4-6-18(7-5-16)24-19-8-11-22-12-9-19/h2-7,10,13-14,19,22H,8-9,11-12H2,1H3. The number of ether oxygens (including phenoxy) is 1. The lowest BCUT2D eigenvalue weighted by atomic mass is 10.00. The highest BCUT2D eigenvalue weighted by atomic mass is 16.5. The second kappa shape index (κ2) is 6.62. The number of benzene rings is 2. The molecule has 122 valence electrons. The van der Waals surface area contributed by atoms with Gasteiger partial charge in [0.2, 0.25) is 0 Å². The van der Waals surface area contributed by atoms with Gasteiger partial charge in [-0.15, -0.1) is 0 Å². The van der Waals surface area contributed by atoms with E-state index in [9.17, 15) is 0 Å². The second-order valence-corrected chi connectivity index (χ2v) is 6.45. The Hall–Kier alpha value is -2.39. The van der Waals surface area contributed by atoms with Crippen LogP contribution in [-0.4, -0.2) is 24.2 Å². The monoisotopic (exact) mass is 318 g/mol. The van der Waals surface area contributed by atoms with Crippen molar-refractivity contribution in [1.82, 2.24) is 10.3 Å². The van der Waals surface area contributed by atoms with Gasteiger partial charge in [-0.25, -0.2) is 0 Å². The molecule has 3 aromatic rings. The Balaban J connectivity index is 1.58. The van der Waals surface area contributed by atoms with Gasteiger partial charge in [-0.2, -0.15) is 0 Å². The van der Waals surface area contributed by atoms with E-state index in [0.29, 0.717) is 6.10 Å². The molecule has 0 atom stereocenters. The number of fused-ring (bicyclic) bond motifs is 1. The predicted molar refractivity (Wildman–Crippen MR) is 98.4 cm³/mol. The lowest BCUT2D eigenvalue weighted by Crippen LogP contribution is -2.34. The fraction of sp³-hybridized carbons (Fsp3) is 0.286. The summed E-state index contributed by atoms with van der Waals surface area (Å²) in [7, 11) is 0. The Morgan fingerprint density at radius 3 is 2.58 bits per heavy atom. The molecular formula is C21H22N2O. The van der Waals surface area contributed by atoms with Crippen LogP contribution < -0.4 is 10.1 Å². The van der Waals surface area contributed by atoms with Gasteiger partial charge in [0.1, 0.15) is 11.9 Å². The minimum Gasteiger partial charge on any atom is -0.490 e. The molecule has 0 bridgehead atoms. The first-order chi connectivity index (χ1) is 11.8. The van der Waals surface area contributed by atoms with Gasteiger partial charge >= 0.3 is 0 Å². The number of hydrogen-bond acceptors (Lipinski definition) is 3. The van der Waals surface area contributed by atoms with Crippen LogP contribution in [0, 0.1) is 6.92 Å². The molecule has 1 aliphatic rings. The molecule has 0 saturated carbocycles. The highest BCUT2D eigenvalue weighted by Gasteiger charge is 2.14. The molecule has 1 fully saturated rings. The molecule has 0 amide bonds. The number of aryl methyl sites for hydroxylation is 1. The van der Waals surface area contributed by atoms with Crippen LogP contribution >= 0.6 is 0 Å². The van der Waals surface area contributed by atoms with E-state index in [1.54, 1.807) is 0 Å². The van der Waals surface area contributed by atoms with E-state index < -0.39 is 0 Å². The van der Waals surface area contributed by atoms with E-state index in [1.165, 1.54) is 22.1 Å². The summed E-state index contributed by atoms with van der Waals surface area (Å²) in [5.41, 5.74) is 4.70. The number of aromatic nitrogens is 1. The summed E-state index contributed by atoms with van der Waals surface area (Å²) >= 11 is 0. The molecule has 24 heavy (non-hydrogen) atoms. The number of hydrogen-bond donors (Lipinski definition) is 1. The zero-order chi connectivity index (χ0) is 16.4. The Labute approximate surface area is 142 Å². The zero-order valence-corrected chi connectivity index (χ0v) is 14.0. The van der Waals surface area contributed by atoms with E-state index in [4.69, 9.17) is 4.74 Å². The maximum absolute atomic E-state index is 6.09. The van der Waals surface area contributed by atoms with Crippen molar-refractivity contribution in [1.29, 1.82) is 0 Å². The molecule has 0 radical (unpaired) electrons. The second-order valence-electron chi connectivity index (χ2n) is 6.45. The van der Waals surface area contributed by atoms with Crippen molar-refractivity contribution in [3.05, 3.63) is 60.3 Å². The van der Waals surface area contributed by atoms with E-state index >= 15 is 0 Å². The molecule has 0 spiro atoms. The molecule has 0 unspecified atom stereocenters. The van der Waals surface area contributed by atoms with Crippen molar-refractivity contribution in [2.24, 2.45) is 0 Å². The van der Waals surface area contributed by atoms with Gasteiger partial charge in [-0.1, -0.05) is 24.3 Å². The first kappa shape index (κ1) is 15.2. The number of rotatable bonds is 3. The van der Waals surface area contributed by atoms with Gasteiger partial charge < -0.3 is 10.1 Å². The van der Waals surface area contributed by atoms with Crippen molar-refractivity contribution in [3.8, 4) is 16.9 Å². The van der Waals surface area contributed by atoms with E-state index in [2.05, 4.69) is 59.7 Å². The Morgan fingerprint density at radius 1 is 1.00 bits per heavy atom. The average molecular weight is 318 g/mol. The lowest BCUT2D eigenvalue weighted by Gasteiger charge is -2.23. The quantitative estimate of drug-likeness (QED) is 0.780. The summed E-state index contributed by atoms with van der Waals surface area (Å²) in [6.45, 7) is 4.24. The molecule has 1 N–H and O–H groups in total. The normalized spacial score (nSPS) is 15.5. The van der Waals surface area contributed by atoms with Gasteiger partial charge in [0, 0.05) is 11.6 Å². The van der Waals surface area contributed by atoms with Crippen LogP contribution in [0.2, 0.25) is 0 Å². The number of pyridine rings is 1. The van der Waals surface area contributed by atoms with Crippen molar-refractivity contribution in [2.75, 3.05) is 13.1 Å². The molecule has 1 saturated heterocycles. The summed E-state index contributed by atoms with van der Waals surface area (Å²) in [6.07, 6.45) is 4.35. The number of nitrogens with zero attached hydrogens (tertiary/aromatic N) is 1. The first-order valence-electron chi connectivity index (χ1n) is 8.63. The molecular weight excluding hydrogens is 296 g/mol.